The number of unbranched alkanes of at least 4 members (excludes halogenated alkanes) is 3. The summed E-state index contributed by atoms with van der Waals surface area (Å²) in [4.78, 5) is 0. The molecule has 0 radical (unpaired) electrons. The van der Waals surface area contributed by atoms with Gasteiger partial charge in [0.25, 0.3) is 5.29 Å². The quantitative estimate of drug-likeness (QED) is 0.202. The molecule has 0 aliphatic carbocycles. The van der Waals surface area contributed by atoms with E-state index in [0.717, 1.165) is 37.9 Å². The van der Waals surface area contributed by atoms with Crippen LogP contribution in [0.4, 0.5) is 38.9 Å². The van der Waals surface area contributed by atoms with Crippen LogP contribution in [0.25, 0.3) is 0 Å². The Hall–Kier alpha value is -0.103. The molecule has 2 atom stereocenters. The van der Waals surface area contributed by atoms with Gasteiger partial charge in [-0.25, -0.2) is 12.6 Å². The van der Waals surface area contributed by atoms with Gasteiger partial charge in [0, 0.05) is 11.7 Å². The molecule has 1 aliphatic rings. The first-order valence-electron chi connectivity index (χ1n) is 7.68. The number of hydrogen-bond donors (Lipinski definition) is 0. The average Bonchev–Trinajstić information content (AvgIpc) is 2.44. The van der Waals surface area contributed by atoms with Crippen molar-refractivity contribution in [1.29, 1.82) is 0 Å². The predicted octanol–water partition coefficient (Wildman–Crippen LogP) is 6.10. The Balaban J connectivity index is 2.94. The fourth-order valence-electron chi connectivity index (χ4n) is 2.44. The lowest BCUT2D eigenvalue weighted by Crippen LogP contribution is -2.79. The summed E-state index contributed by atoms with van der Waals surface area (Å²) in [6.07, 6.45) is -4.65. The van der Waals surface area contributed by atoms with Gasteiger partial charge in [0.15, 0.2) is 0 Å². The van der Waals surface area contributed by atoms with Crippen LogP contribution in [0.1, 0.15) is 46.0 Å². The second kappa shape index (κ2) is 7.49. The van der Waals surface area contributed by atoms with E-state index >= 15 is 0 Å². The first-order chi connectivity index (χ1) is 11.2. The molecular weight excluding hydrogens is 403 g/mol. The Morgan fingerprint density at radius 2 is 1.48 bits per heavy atom. The summed E-state index contributed by atoms with van der Waals surface area (Å²) < 4.78 is 124. The number of thioether (sulfide) groups is 1. The Bertz CT molecular complexity index is 463. The molecule has 1 heterocycles. The monoisotopic (exact) mass is 422 g/mol. The maximum absolute atomic E-state index is 14.5. The van der Waals surface area contributed by atoms with Crippen molar-refractivity contribution in [3.05, 3.63) is 0 Å². The van der Waals surface area contributed by atoms with Crippen LogP contribution in [0.5, 0.6) is 0 Å². The van der Waals surface area contributed by atoms with Gasteiger partial charge in [-0.3, -0.25) is 0 Å². The third kappa shape index (κ3) is 3.94. The SMILES string of the molecule is CCCCCCSC(C)CC1(F)C(F)(F)C(F)(F)C(F)(F)O[Si]1(F)F. The van der Waals surface area contributed by atoms with E-state index in [4.69, 9.17) is 0 Å². The number of halogens is 9. The van der Waals surface area contributed by atoms with E-state index in [1.807, 2.05) is 6.92 Å². The van der Waals surface area contributed by atoms with Gasteiger partial charge in [-0.2, -0.15) is 38.1 Å². The summed E-state index contributed by atoms with van der Waals surface area (Å²) in [5.41, 5.74) is 0. The summed E-state index contributed by atoms with van der Waals surface area (Å²) in [5, 5.41) is -6.33. The van der Waals surface area contributed by atoms with E-state index in [9.17, 15) is 38.9 Å². The maximum Gasteiger partial charge on any atom is 0.628 e. The zero-order valence-electron chi connectivity index (χ0n) is 13.5. The minimum atomic E-state index is -7.49. The topological polar surface area (TPSA) is 9.23 Å². The van der Waals surface area contributed by atoms with E-state index in [-0.39, 0.29) is 0 Å². The summed E-state index contributed by atoms with van der Waals surface area (Å²) in [7, 11) is -7.49. The summed E-state index contributed by atoms with van der Waals surface area (Å²) in [6, 6.07) is 0. The van der Waals surface area contributed by atoms with Crippen LogP contribution in [0.3, 0.4) is 0 Å². The van der Waals surface area contributed by atoms with Crippen molar-refractivity contribution in [3.63, 3.8) is 0 Å². The van der Waals surface area contributed by atoms with Gasteiger partial charge in [0.1, 0.15) is 0 Å². The van der Waals surface area contributed by atoms with Crippen molar-refractivity contribution in [2.24, 2.45) is 0 Å². The third-order valence-electron chi connectivity index (χ3n) is 3.94. The molecule has 2 unspecified atom stereocenters. The molecule has 1 rings (SSSR count). The van der Waals surface area contributed by atoms with E-state index in [1.54, 1.807) is 0 Å². The minimum Gasteiger partial charge on any atom is -0.300 e. The largest absolute Gasteiger partial charge is 0.628 e. The number of rotatable bonds is 8. The van der Waals surface area contributed by atoms with Gasteiger partial charge in [0.2, 0.25) is 0 Å². The van der Waals surface area contributed by atoms with E-state index in [0.29, 0.717) is 12.2 Å². The minimum absolute atomic E-state index is 0.323. The molecule has 0 aromatic heterocycles. The standard InChI is InChI=1S/C13H19F9OSSi/c1-3-4-5-6-7-24-9(2)8-10(14)11(15,16)12(17,18)13(19,20)23-25(10,21)22/h9H,3-8H2,1-2H3. The molecule has 1 nitrogen and oxygen atoms in total. The first-order valence-corrected chi connectivity index (χ1v) is 10.4. The van der Waals surface area contributed by atoms with Gasteiger partial charge >= 0.3 is 26.9 Å². The molecule has 0 amide bonds. The van der Waals surface area contributed by atoms with Crippen molar-refractivity contribution < 1.29 is 43.4 Å². The molecule has 0 aromatic rings. The molecule has 0 aromatic carbocycles. The van der Waals surface area contributed by atoms with Crippen LogP contribution in [0.15, 0.2) is 0 Å². The van der Waals surface area contributed by atoms with E-state index in [2.05, 4.69) is 4.43 Å². The second-order valence-electron chi connectivity index (χ2n) is 6.03. The van der Waals surface area contributed by atoms with Crippen molar-refractivity contribution >= 4 is 20.7 Å². The van der Waals surface area contributed by atoms with Crippen LogP contribution >= 0.6 is 11.8 Å². The number of alkyl halides is 7. The van der Waals surface area contributed by atoms with Gasteiger partial charge in [-0.15, -0.1) is 0 Å². The molecule has 12 heteroatoms. The summed E-state index contributed by atoms with van der Waals surface area (Å²) >= 11 is 0.848. The maximum atomic E-state index is 14.5. The first kappa shape index (κ1) is 22.9. The molecule has 0 bridgehead atoms. The van der Waals surface area contributed by atoms with E-state index < -0.39 is 43.9 Å². The van der Waals surface area contributed by atoms with Crippen LogP contribution in [0.2, 0.25) is 0 Å². The van der Waals surface area contributed by atoms with Crippen molar-refractivity contribution in [1.82, 2.24) is 0 Å². The molecular formula is C13H19F9OSSi. The van der Waals surface area contributed by atoms with Crippen molar-refractivity contribution in [3.8, 4) is 0 Å². The predicted molar refractivity (Wildman–Crippen MR) is 78.4 cm³/mol. The molecule has 25 heavy (non-hydrogen) atoms. The summed E-state index contributed by atoms with van der Waals surface area (Å²) in [5.74, 6) is -12.3. The molecule has 0 saturated carbocycles. The Kier molecular flexibility index (Phi) is 6.87. The highest BCUT2D eigenvalue weighted by Crippen LogP contribution is 2.62. The van der Waals surface area contributed by atoms with Gasteiger partial charge in [0.05, 0.1) is 0 Å². The van der Waals surface area contributed by atoms with Crippen molar-refractivity contribution in [2.45, 2.75) is 74.4 Å². The van der Waals surface area contributed by atoms with Crippen LogP contribution in [-0.4, -0.2) is 43.2 Å². The normalized spacial score (nSPS) is 30.8. The molecule has 0 N–H and O–H groups in total. The van der Waals surface area contributed by atoms with Gasteiger partial charge in [-0.1, -0.05) is 33.1 Å². The zero-order valence-corrected chi connectivity index (χ0v) is 15.4. The Morgan fingerprint density at radius 1 is 0.920 bits per heavy atom. The molecule has 1 aliphatic heterocycles. The van der Waals surface area contributed by atoms with Crippen LogP contribution < -0.4 is 0 Å². The van der Waals surface area contributed by atoms with Crippen LogP contribution in [-0.2, 0) is 4.43 Å². The third-order valence-corrected chi connectivity index (χ3v) is 7.16. The van der Waals surface area contributed by atoms with Crippen LogP contribution in [0, 0.1) is 0 Å². The molecule has 0 spiro atoms. The number of hydrogen-bond acceptors (Lipinski definition) is 2. The summed E-state index contributed by atoms with van der Waals surface area (Å²) in [6.45, 7) is 3.05. The fourth-order valence-corrected chi connectivity index (χ4v) is 5.38. The zero-order chi connectivity index (χ0) is 19.7. The van der Waals surface area contributed by atoms with Crippen molar-refractivity contribution in [2.75, 3.05) is 5.75 Å². The molecule has 1 saturated heterocycles. The lowest BCUT2D eigenvalue weighted by Gasteiger charge is -2.47. The lowest BCUT2D eigenvalue weighted by molar-refractivity contribution is -0.418. The highest BCUT2D eigenvalue weighted by molar-refractivity contribution is 7.99. The molecule has 1 fully saturated rings. The fraction of sp³-hybridized carbons (Fsp3) is 1.00. The van der Waals surface area contributed by atoms with Gasteiger partial charge < -0.3 is 4.43 Å². The highest BCUT2D eigenvalue weighted by Gasteiger charge is 2.94. The Labute approximate surface area is 145 Å². The Morgan fingerprint density at radius 3 is 2.00 bits per heavy atom. The lowest BCUT2D eigenvalue weighted by atomic mass is 10.0. The average molecular weight is 422 g/mol. The van der Waals surface area contributed by atoms with E-state index in [1.165, 1.54) is 0 Å². The highest BCUT2D eigenvalue weighted by atomic mass is 32.2. The smallest absolute Gasteiger partial charge is 0.300 e. The molecule has 150 valence electrons. The second-order valence-corrected chi connectivity index (χ2v) is 9.61. The van der Waals surface area contributed by atoms with Gasteiger partial charge in [-0.05, 0) is 12.2 Å².